The number of hydrogen-bond acceptors (Lipinski definition) is 6. The van der Waals surface area contributed by atoms with Gasteiger partial charge in [0.1, 0.15) is 11.9 Å². The summed E-state index contributed by atoms with van der Waals surface area (Å²) in [6.45, 7) is 12.3. The van der Waals surface area contributed by atoms with Gasteiger partial charge in [-0.25, -0.2) is 14.8 Å². The highest BCUT2D eigenvalue weighted by atomic mass is 16.5. The Morgan fingerprint density at radius 2 is 1.69 bits per heavy atom. The van der Waals surface area contributed by atoms with Crippen LogP contribution in [0.5, 0.6) is 0 Å². The SMILES string of the molecule is CC1=CCN(C(=O)CC(C)C)C1.COC(=O)NC(C(=O)N1CCCC1c1nc2ccc(-c3ccc4cc(-c5cnc[nH]5)ccc4c3)cc2[nH]1)C(C)C. The molecule has 11 nitrogen and oxygen atoms in total. The zero-order valence-electron chi connectivity index (χ0n) is 30.9. The minimum absolute atomic E-state index is 0.0786. The van der Waals surface area contributed by atoms with Crippen LogP contribution in [0, 0.1) is 11.8 Å². The molecule has 2 aliphatic heterocycles. The summed E-state index contributed by atoms with van der Waals surface area (Å²) in [4.78, 5) is 56.2. The summed E-state index contributed by atoms with van der Waals surface area (Å²) in [5, 5.41) is 5.02. The maximum atomic E-state index is 13.5. The van der Waals surface area contributed by atoms with Gasteiger partial charge in [0.15, 0.2) is 0 Å². The van der Waals surface area contributed by atoms with Crippen LogP contribution in [-0.2, 0) is 14.3 Å². The van der Waals surface area contributed by atoms with Gasteiger partial charge in [0.2, 0.25) is 11.8 Å². The second-order valence-corrected chi connectivity index (χ2v) is 14.6. The van der Waals surface area contributed by atoms with Crippen molar-refractivity contribution >= 4 is 39.7 Å². The molecule has 7 rings (SSSR count). The smallest absolute Gasteiger partial charge is 0.407 e. The number of carbonyl (C=O) groups is 3. The number of aromatic amines is 2. The quantitative estimate of drug-likeness (QED) is 0.142. The molecule has 52 heavy (non-hydrogen) atoms. The van der Waals surface area contributed by atoms with Gasteiger partial charge in [-0.05, 0) is 77.8 Å². The van der Waals surface area contributed by atoms with Crippen LogP contribution in [0.25, 0.3) is 44.2 Å². The first kappa shape index (κ1) is 36.3. The Morgan fingerprint density at radius 1 is 0.981 bits per heavy atom. The van der Waals surface area contributed by atoms with E-state index in [1.807, 2.05) is 35.9 Å². The predicted octanol–water partition coefficient (Wildman–Crippen LogP) is 7.64. The average Bonchev–Trinajstić information content (AvgIpc) is 3.96. The predicted molar refractivity (Wildman–Crippen MR) is 204 cm³/mol. The largest absolute Gasteiger partial charge is 0.453 e. The summed E-state index contributed by atoms with van der Waals surface area (Å²) in [6, 6.07) is 18.3. The van der Waals surface area contributed by atoms with E-state index in [4.69, 9.17) is 9.72 Å². The number of H-pyrrole nitrogens is 2. The van der Waals surface area contributed by atoms with E-state index in [0.29, 0.717) is 18.9 Å². The van der Waals surface area contributed by atoms with Gasteiger partial charge in [0, 0.05) is 31.6 Å². The number of rotatable bonds is 8. The van der Waals surface area contributed by atoms with E-state index in [9.17, 15) is 14.4 Å². The number of fused-ring (bicyclic) bond motifs is 2. The lowest BCUT2D eigenvalue weighted by Crippen LogP contribution is -2.51. The third kappa shape index (κ3) is 8.19. The van der Waals surface area contributed by atoms with E-state index in [1.54, 1.807) is 6.33 Å². The molecular weight excluding hydrogens is 654 g/mol. The van der Waals surface area contributed by atoms with E-state index in [0.717, 1.165) is 75.9 Å². The summed E-state index contributed by atoms with van der Waals surface area (Å²) < 4.78 is 4.74. The number of nitrogens with zero attached hydrogens (tertiary/aromatic N) is 4. The van der Waals surface area contributed by atoms with Gasteiger partial charge in [0.05, 0.1) is 42.4 Å². The Kier molecular flexibility index (Phi) is 11.1. The minimum Gasteiger partial charge on any atom is -0.453 e. The number of methoxy groups -OCH3 is 1. The van der Waals surface area contributed by atoms with Crippen molar-refractivity contribution in [3.05, 3.63) is 84.6 Å². The van der Waals surface area contributed by atoms with Crippen LogP contribution in [0.1, 0.15) is 65.7 Å². The molecule has 2 atom stereocenters. The molecule has 0 radical (unpaired) electrons. The molecule has 0 aliphatic carbocycles. The molecular formula is C41H49N7O4. The third-order valence-electron chi connectivity index (χ3n) is 9.76. The standard InChI is InChI=1S/C31H32N6O3.C10H17NO/c1-18(2)28(36-31(39)40-3)30(38)37-12-4-5-27(37)29-34-24-11-10-22(15-25(24)35-29)20-6-7-21-14-23(9-8-19(21)13-20)26-16-32-17-33-26;1-8(2)6-10(12)11-5-4-9(3)7-11/h6-11,13-18,27-28H,4-5,12H2,1-3H3,(H,32,33)(H,34,35)(H,36,39);4,8H,5-7H2,1-3H3. The van der Waals surface area contributed by atoms with E-state index < -0.39 is 12.1 Å². The molecule has 2 aromatic heterocycles. The number of ether oxygens (including phenoxy) is 1. The molecule has 4 heterocycles. The molecule has 0 bridgehead atoms. The van der Waals surface area contributed by atoms with E-state index in [-0.39, 0.29) is 23.8 Å². The second kappa shape index (κ2) is 15.8. The zero-order chi connectivity index (χ0) is 36.9. The fourth-order valence-electron chi connectivity index (χ4n) is 6.93. The molecule has 2 unspecified atom stereocenters. The molecule has 5 aromatic rings. The number of alkyl carbamates (subject to hydrolysis) is 1. The maximum Gasteiger partial charge on any atom is 0.407 e. The van der Waals surface area contributed by atoms with Gasteiger partial charge in [-0.3, -0.25) is 9.59 Å². The minimum atomic E-state index is -0.660. The highest BCUT2D eigenvalue weighted by molar-refractivity contribution is 5.92. The van der Waals surface area contributed by atoms with Gasteiger partial charge >= 0.3 is 6.09 Å². The van der Waals surface area contributed by atoms with E-state index >= 15 is 0 Å². The number of amides is 3. The first-order chi connectivity index (χ1) is 25.0. The summed E-state index contributed by atoms with van der Waals surface area (Å²) in [6.07, 6.45) is 7.40. The number of likely N-dealkylation sites (tertiary alicyclic amines) is 1. The highest BCUT2D eigenvalue weighted by Crippen LogP contribution is 2.34. The van der Waals surface area contributed by atoms with Crippen molar-refractivity contribution in [2.45, 2.75) is 66.0 Å². The van der Waals surface area contributed by atoms with Crippen LogP contribution in [0.2, 0.25) is 0 Å². The molecule has 0 spiro atoms. The highest BCUT2D eigenvalue weighted by Gasteiger charge is 2.37. The topological polar surface area (TPSA) is 136 Å². The van der Waals surface area contributed by atoms with Crippen LogP contribution >= 0.6 is 0 Å². The Hall–Kier alpha value is -5.45. The molecule has 3 aromatic carbocycles. The number of hydrogen-bond donors (Lipinski definition) is 3. The summed E-state index contributed by atoms with van der Waals surface area (Å²) >= 11 is 0. The van der Waals surface area contributed by atoms with Crippen molar-refractivity contribution in [1.29, 1.82) is 0 Å². The second-order valence-electron chi connectivity index (χ2n) is 14.6. The zero-order valence-corrected chi connectivity index (χ0v) is 30.9. The van der Waals surface area contributed by atoms with Crippen molar-refractivity contribution < 1.29 is 19.1 Å². The summed E-state index contributed by atoms with van der Waals surface area (Å²) in [5.41, 5.74) is 7.39. The molecule has 11 heteroatoms. The molecule has 3 amide bonds. The van der Waals surface area contributed by atoms with Crippen LogP contribution in [-0.4, -0.2) is 80.4 Å². The number of carbonyl (C=O) groups excluding carboxylic acids is 3. The van der Waals surface area contributed by atoms with Crippen molar-refractivity contribution in [2.75, 3.05) is 26.7 Å². The van der Waals surface area contributed by atoms with Crippen molar-refractivity contribution in [3.8, 4) is 22.4 Å². The lowest BCUT2D eigenvalue weighted by Gasteiger charge is -2.29. The molecule has 1 saturated heterocycles. The van der Waals surface area contributed by atoms with Crippen molar-refractivity contribution in [2.24, 2.45) is 11.8 Å². The average molecular weight is 704 g/mol. The Balaban J connectivity index is 0.000000330. The number of aromatic nitrogens is 4. The van der Waals surface area contributed by atoms with Gasteiger partial charge < -0.3 is 29.8 Å². The molecule has 3 N–H and O–H groups in total. The van der Waals surface area contributed by atoms with E-state index in [1.165, 1.54) is 12.7 Å². The van der Waals surface area contributed by atoms with Gasteiger partial charge in [0.25, 0.3) is 0 Å². The third-order valence-corrected chi connectivity index (χ3v) is 9.76. The number of imidazole rings is 2. The summed E-state index contributed by atoms with van der Waals surface area (Å²) in [5.74, 6) is 1.33. The van der Waals surface area contributed by atoms with Crippen LogP contribution in [0.4, 0.5) is 4.79 Å². The molecule has 1 fully saturated rings. The maximum absolute atomic E-state index is 13.5. The fourth-order valence-corrected chi connectivity index (χ4v) is 6.93. The van der Waals surface area contributed by atoms with Crippen LogP contribution in [0.15, 0.2) is 78.8 Å². The molecule has 272 valence electrons. The lowest BCUT2D eigenvalue weighted by molar-refractivity contribution is -0.135. The van der Waals surface area contributed by atoms with Gasteiger partial charge in [-0.2, -0.15) is 0 Å². The summed E-state index contributed by atoms with van der Waals surface area (Å²) in [7, 11) is 1.30. The Bertz CT molecular complexity index is 2080. The van der Waals surface area contributed by atoms with Crippen molar-refractivity contribution in [1.82, 2.24) is 35.1 Å². The Labute approximate surface area is 304 Å². The molecule has 2 aliphatic rings. The first-order valence-corrected chi connectivity index (χ1v) is 18.1. The van der Waals surface area contributed by atoms with Gasteiger partial charge in [-0.1, -0.05) is 69.7 Å². The normalized spacial score (nSPS) is 16.3. The first-order valence-electron chi connectivity index (χ1n) is 18.1. The number of benzene rings is 3. The lowest BCUT2D eigenvalue weighted by atomic mass is 9.99. The van der Waals surface area contributed by atoms with Crippen LogP contribution < -0.4 is 5.32 Å². The van der Waals surface area contributed by atoms with Gasteiger partial charge in [-0.15, -0.1) is 0 Å². The fraction of sp³-hybridized carbons (Fsp3) is 0.390. The monoisotopic (exact) mass is 703 g/mol. The van der Waals surface area contributed by atoms with Crippen molar-refractivity contribution in [3.63, 3.8) is 0 Å². The van der Waals surface area contributed by atoms with E-state index in [2.05, 4.69) is 95.6 Å². The number of nitrogens with one attached hydrogen (secondary N) is 3. The molecule has 0 saturated carbocycles. The van der Waals surface area contributed by atoms with Crippen LogP contribution in [0.3, 0.4) is 0 Å². The Morgan fingerprint density at radius 3 is 2.35 bits per heavy atom.